The Morgan fingerprint density at radius 3 is 1.44 bits per heavy atom. The molecule has 0 aliphatic carbocycles. The Morgan fingerprint density at radius 2 is 1.12 bits per heavy atom. The van der Waals surface area contributed by atoms with Crippen LogP contribution in [0.25, 0.3) is 0 Å². The third-order valence-corrected chi connectivity index (χ3v) is 19.5. The van der Waals surface area contributed by atoms with E-state index in [-0.39, 0.29) is 0 Å². The number of benzene rings is 2. The molecule has 0 radical (unpaired) electrons. The lowest BCUT2D eigenvalue weighted by Crippen LogP contribution is -2.06. The second-order valence-electron chi connectivity index (χ2n) is 5.14. The van der Waals surface area contributed by atoms with E-state index in [1.807, 2.05) is 48.5 Å². The van der Waals surface area contributed by atoms with Gasteiger partial charge in [-0.1, -0.05) is 23.6 Å². The van der Waals surface area contributed by atoms with Crippen LogP contribution < -0.4 is 20.1 Å². The van der Waals surface area contributed by atoms with E-state index in [9.17, 15) is 0 Å². The normalized spacial score (nSPS) is 26.6. The molecule has 9 heteroatoms. The van der Waals surface area contributed by atoms with Crippen molar-refractivity contribution in [3.8, 4) is 11.5 Å². The molecule has 134 valence electrons. The SMILES string of the molecule is COc1ccc([P@]2(=S)OCCO[P@@](=S)(c3ccc(OC)cc3)S2)cc1. The monoisotopic (exact) mass is 432 g/mol. The molecule has 0 aromatic heterocycles. The van der Waals surface area contributed by atoms with Gasteiger partial charge in [0.25, 0.3) is 0 Å². The topological polar surface area (TPSA) is 36.9 Å². The summed E-state index contributed by atoms with van der Waals surface area (Å²) in [6, 6.07) is 15.5. The van der Waals surface area contributed by atoms with Crippen LogP contribution in [0.4, 0.5) is 0 Å². The van der Waals surface area contributed by atoms with Gasteiger partial charge in [0.2, 0.25) is 0 Å². The van der Waals surface area contributed by atoms with Crippen molar-refractivity contribution >= 4 is 56.2 Å². The first-order valence-electron chi connectivity index (χ1n) is 7.49. The minimum Gasteiger partial charge on any atom is -0.497 e. The molecule has 0 spiro atoms. The minimum atomic E-state index is -2.36. The average Bonchev–Trinajstić information content (AvgIpc) is 2.81. The Labute approximate surface area is 161 Å². The molecule has 2 aromatic rings. The van der Waals surface area contributed by atoms with Gasteiger partial charge >= 0.3 is 0 Å². The highest BCUT2D eigenvalue weighted by Gasteiger charge is 2.36. The highest BCUT2D eigenvalue weighted by atomic mass is 33.2. The van der Waals surface area contributed by atoms with E-state index in [0.717, 1.165) is 22.1 Å². The maximum Gasteiger partial charge on any atom is 0.155 e. The molecule has 25 heavy (non-hydrogen) atoms. The molecular weight excluding hydrogens is 414 g/mol. The highest BCUT2D eigenvalue weighted by molar-refractivity contribution is 9.00. The van der Waals surface area contributed by atoms with Crippen molar-refractivity contribution in [2.45, 2.75) is 0 Å². The Bertz CT molecular complexity index is 755. The molecule has 0 N–H and O–H groups in total. The molecule has 1 heterocycles. The quantitative estimate of drug-likeness (QED) is 0.675. The standard InChI is InChI=1S/C16H18O4P2S3/c1-17-13-3-7-15(8-4-13)21(23)19-11-12-20-22(24,25-21)16-9-5-14(18-2)6-10-16/h3-10H,11-12H2,1-2H3/t21-,22-/m1/s1. The van der Waals surface area contributed by atoms with E-state index >= 15 is 0 Å². The first kappa shape index (κ1) is 19.4. The van der Waals surface area contributed by atoms with Crippen LogP contribution in [-0.2, 0) is 32.7 Å². The van der Waals surface area contributed by atoms with Crippen LogP contribution in [0.3, 0.4) is 0 Å². The molecular formula is C16H18O4P2S3. The number of hydrogen-bond acceptors (Lipinski definition) is 7. The molecule has 1 saturated heterocycles. The molecule has 1 aliphatic heterocycles. The zero-order valence-corrected chi connectivity index (χ0v) is 18.0. The van der Waals surface area contributed by atoms with E-state index in [1.165, 1.54) is 11.0 Å². The van der Waals surface area contributed by atoms with Crippen LogP contribution in [0.5, 0.6) is 11.5 Å². The second kappa shape index (κ2) is 8.10. The van der Waals surface area contributed by atoms with E-state index in [0.29, 0.717) is 13.2 Å². The van der Waals surface area contributed by atoms with E-state index in [2.05, 4.69) is 0 Å². The van der Waals surface area contributed by atoms with Gasteiger partial charge < -0.3 is 18.5 Å². The molecule has 1 aliphatic rings. The highest BCUT2D eigenvalue weighted by Crippen LogP contribution is 2.78. The van der Waals surface area contributed by atoms with Gasteiger partial charge in [0.05, 0.1) is 27.4 Å². The Hall–Kier alpha value is -0.390. The lowest BCUT2D eigenvalue weighted by atomic mass is 10.3. The molecule has 1 fully saturated rings. The first-order chi connectivity index (χ1) is 12.0. The second-order valence-corrected chi connectivity index (χ2v) is 18.4. The summed E-state index contributed by atoms with van der Waals surface area (Å²) in [4.78, 5) is 0. The number of hydrogen-bond donors (Lipinski definition) is 0. The van der Waals surface area contributed by atoms with Crippen molar-refractivity contribution in [3.63, 3.8) is 0 Å². The van der Waals surface area contributed by atoms with Crippen LogP contribution >= 0.6 is 21.9 Å². The summed E-state index contributed by atoms with van der Waals surface area (Å²) in [5.41, 5.74) is -4.72. The zero-order chi connectivity index (χ0) is 17.9. The van der Waals surface area contributed by atoms with Gasteiger partial charge in [-0.25, -0.2) is 0 Å². The van der Waals surface area contributed by atoms with Gasteiger partial charge in [0, 0.05) is 10.6 Å². The molecule has 2 aromatic carbocycles. The van der Waals surface area contributed by atoms with Crippen LogP contribution in [-0.4, -0.2) is 27.4 Å². The van der Waals surface area contributed by atoms with Crippen molar-refractivity contribution in [2.75, 3.05) is 27.4 Å². The van der Waals surface area contributed by atoms with Gasteiger partial charge in [-0.15, -0.1) is 0 Å². The smallest absolute Gasteiger partial charge is 0.155 e. The summed E-state index contributed by atoms with van der Waals surface area (Å²) in [6.45, 7) is 0.899. The summed E-state index contributed by atoms with van der Waals surface area (Å²) < 4.78 is 22.6. The van der Waals surface area contributed by atoms with Crippen molar-refractivity contribution in [3.05, 3.63) is 48.5 Å². The molecule has 0 saturated carbocycles. The van der Waals surface area contributed by atoms with Crippen LogP contribution in [0.15, 0.2) is 48.5 Å². The number of methoxy groups -OCH3 is 2. The first-order valence-corrected chi connectivity index (χ1v) is 15.0. The minimum absolute atomic E-state index is 0.449. The van der Waals surface area contributed by atoms with Crippen LogP contribution in [0.2, 0.25) is 0 Å². The molecule has 0 bridgehead atoms. The fraction of sp³-hybridized carbons (Fsp3) is 0.250. The molecule has 3 rings (SSSR count). The third-order valence-electron chi connectivity index (χ3n) is 3.60. The van der Waals surface area contributed by atoms with Crippen molar-refractivity contribution in [1.29, 1.82) is 0 Å². The van der Waals surface area contributed by atoms with Crippen molar-refractivity contribution < 1.29 is 18.5 Å². The van der Waals surface area contributed by atoms with Crippen LogP contribution in [0.1, 0.15) is 0 Å². The van der Waals surface area contributed by atoms with Gasteiger partial charge in [-0.2, -0.15) is 0 Å². The predicted molar refractivity (Wildman–Crippen MR) is 113 cm³/mol. The fourth-order valence-corrected chi connectivity index (χ4v) is 20.2. The third kappa shape index (κ3) is 4.30. The lowest BCUT2D eigenvalue weighted by Gasteiger charge is -2.25. The summed E-state index contributed by atoms with van der Waals surface area (Å²) in [5.74, 6) is 1.58. The van der Waals surface area contributed by atoms with Gasteiger partial charge in [0.1, 0.15) is 11.5 Å². The summed E-state index contributed by atoms with van der Waals surface area (Å²) in [6.07, 6.45) is 0. The van der Waals surface area contributed by atoms with Crippen molar-refractivity contribution in [1.82, 2.24) is 0 Å². The summed E-state index contributed by atoms with van der Waals surface area (Å²) in [5, 5.41) is 1.95. The molecule has 4 nitrogen and oxygen atoms in total. The van der Waals surface area contributed by atoms with Crippen molar-refractivity contribution in [2.24, 2.45) is 0 Å². The molecule has 2 atom stereocenters. The summed E-state index contributed by atoms with van der Waals surface area (Å²) >= 11 is 13.4. The van der Waals surface area contributed by atoms with E-state index in [4.69, 9.17) is 42.1 Å². The van der Waals surface area contributed by atoms with Gasteiger partial charge in [-0.05, 0) is 59.5 Å². The predicted octanol–water partition coefficient (Wildman–Crippen LogP) is 4.05. The zero-order valence-electron chi connectivity index (χ0n) is 13.8. The number of rotatable bonds is 4. The van der Waals surface area contributed by atoms with E-state index < -0.39 is 10.9 Å². The average molecular weight is 432 g/mol. The fourth-order valence-electron chi connectivity index (χ4n) is 2.28. The Morgan fingerprint density at radius 1 is 0.760 bits per heavy atom. The lowest BCUT2D eigenvalue weighted by molar-refractivity contribution is 0.258. The molecule has 0 amide bonds. The summed E-state index contributed by atoms with van der Waals surface area (Å²) in [7, 11) is 3.28. The van der Waals surface area contributed by atoms with E-state index in [1.54, 1.807) is 14.2 Å². The Balaban J connectivity index is 1.95. The maximum absolute atomic E-state index is 6.07. The molecule has 0 unspecified atom stereocenters. The van der Waals surface area contributed by atoms with Gasteiger partial charge in [-0.3, -0.25) is 0 Å². The van der Waals surface area contributed by atoms with Crippen LogP contribution in [0, 0.1) is 0 Å². The Kier molecular flexibility index (Phi) is 6.27. The largest absolute Gasteiger partial charge is 0.497 e. The van der Waals surface area contributed by atoms with Gasteiger partial charge in [0.15, 0.2) is 10.9 Å². The number of ether oxygens (including phenoxy) is 2. The maximum atomic E-state index is 6.07.